The molecule has 0 saturated carbocycles. The van der Waals surface area contributed by atoms with Gasteiger partial charge in [0.05, 0.1) is 11.8 Å². The topological polar surface area (TPSA) is 55.8 Å². The fraction of sp³-hybridized carbons (Fsp3) is 0.462. The molecule has 1 aliphatic rings. The van der Waals surface area contributed by atoms with E-state index >= 15 is 0 Å². The zero-order valence-electron chi connectivity index (χ0n) is 10.6. The fourth-order valence-corrected chi connectivity index (χ4v) is 2.09. The third-order valence-corrected chi connectivity index (χ3v) is 3.21. The number of carboxylic acid groups (broad SMARTS) is 1. The molecule has 0 amide bonds. The molecule has 0 aliphatic carbocycles. The second-order valence-electron chi connectivity index (χ2n) is 4.55. The molecule has 2 atom stereocenters. The van der Waals surface area contributed by atoms with Gasteiger partial charge in [-0.15, -0.1) is 0 Å². The van der Waals surface area contributed by atoms with Gasteiger partial charge in [-0.2, -0.15) is 13.2 Å². The van der Waals surface area contributed by atoms with Crippen LogP contribution < -0.4 is 9.47 Å². The number of hydrogen-bond acceptors (Lipinski definition) is 3. The van der Waals surface area contributed by atoms with Gasteiger partial charge in [0.15, 0.2) is 11.5 Å². The first-order chi connectivity index (χ1) is 9.30. The normalized spacial score (nSPS) is 17.4. The molecule has 1 N–H and O–H groups in total. The van der Waals surface area contributed by atoms with Gasteiger partial charge in [-0.05, 0) is 17.7 Å². The first-order valence-electron chi connectivity index (χ1n) is 6.00. The lowest BCUT2D eigenvalue weighted by Crippen LogP contribution is -2.31. The first-order valence-corrected chi connectivity index (χ1v) is 6.00. The number of rotatable bonds is 3. The second-order valence-corrected chi connectivity index (χ2v) is 4.55. The van der Waals surface area contributed by atoms with Crippen molar-refractivity contribution >= 4 is 5.97 Å². The number of carbonyl (C=O) groups is 1. The van der Waals surface area contributed by atoms with E-state index in [0.29, 0.717) is 12.4 Å². The lowest BCUT2D eigenvalue weighted by Gasteiger charge is -2.25. The van der Waals surface area contributed by atoms with Gasteiger partial charge in [-0.3, -0.25) is 4.79 Å². The molecule has 0 spiro atoms. The Morgan fingerprint density at radius 2 is 1.85 bits per heavy atom. The third-order valence-electron chi connectivity index (χ3n) is 3.21. The van der Waals surface area contributed by atoms with Crippen molar-refractivity contribution in [3.05, 3.63) is 23.8 Å². The molecule has 1 aliphatic heterocycles. The number of benzene rings is 1. The summed E-state index contributed by atoms with van der Waals surface area (Å²) in [7, 11) is 0. The Kier molecular flexibility index (Phi) is 3.78. The van der Waals surface area contributed by atoms with Crippen LogP contribution in [0.15, 0.2) is 18.2 Å². The van der Waals surface area contributed by atoms with Crippen LogP contribution in [-0.2, 0) is 4.79 Å². The number of ether oxygens (including phenoxy) is 2. The van der Waals surface area contributed by atoms with E-state index in [-0.39, 0.29) is 17.9 Å². The average molecular weight is 290 g/mol. The van der Waals surface area contributed by atoms with E-state index in [9.17, 15) is 18.0 Å². The van der Waals surface area contributed by atoms with Crippen molar-refractivity contribution in [1.82, 2.24) is 0 Å². The smallest absolute Gasteiger partial charge is 0.392 e. The monoisotopic (exact) mass is 290 g/mol. The van der Waals surface area contributed by atoms with Crippen molar-refractivity contribution in [1.29, 1.82) is 0 Å². The Hall–Kier alpha value is -1.92. The molecule has 1 aromatic carbocycles. The Labute approximate surface area is 113 Å². The maximum atomic E-state index is 12.8. The Morgan fingerprint density at radius 1 is 1.25 bits per heavy atom. The van der Waals surface area contributed by atoms with E-state index in [1.165, 1.54) is 18.2 Å². The summed E-state index contributed by atoms with van der Waals surface area (Å²) in [4.78, 5) is 11.2. The van der Waals surface area contributed by atoms with Crippen molar-refractivity contribution in [3.63, 3.8) is 0 Å². The summed E-state index contributed by atoms with van der Waals surface area (Å²) in [6.45, 7) is 1.49. The first kappa shape index (κ1) is 14.5. The van der Waals surface area contributed by atoms with Gasteiger partial charge in [0.2, 0.25) is 0 Å². The largest absolute Gasteiger partial charge is 0.486 e. The zero-order valence-corrected chi connectivity index (χ0v) is 10.6. The number of hydrogen-bond donors (Lipinski definition) is 1. The van der Waals surface area contributed by atoms with Gasteiger partial charge in [0, 0.05) is 0 Å². The van der Waals surface area contributed by atoms with Gasteiger partial charge >= 0.3 is 12.1 Å². The Balaban J connectivity index is 2.37. The van der Waals surface area contributed by atoms with Crippen LogP contribution in [0.4, 0.5) is 13.2 Å². The fourth-order valence-electron chi connectivity index (χ4n) is 2.09. The highest BCUT2D eigenvalue weighted by molar-refractivity contribution is 5.77. The van der Waals surface area contributed by atoms with Crippen molar-refractivity contribution in [2.24, 2.45) is 5.92 Å². The Bertz CT molecular complexity index is 513. The quantitative estimate of drug-likeness (QED) is 0.930. The molecule has 0 fully saturated rings. The minimum absolute atomic E-state index is 0.0478. The van der Waals surface area contributed by atoms with Crippen LogP contribution in [0.3, 0.4) is 0 Å². The van der Waals surface area contributed by atoms with Crippen molar-refractivity contribution < 1.29 is 32.5 Å². The number of aliphatic carboxylic acids is 1. The predicted molar refractivity (Wildman–Crippen MR) is 63.0 cm³/mol. The van der Waals surface area contributed by atoms with Crippen molar-refractivity contribution in [3.8, 4) is 11.5 Å². The standard InChI is InChI=1S/C13H13F3O4/c1-7(13(14,15)16)11(12(17)18)8-2-3-9-10(6-8)20-5-4-19-9/h2-3,6-7,11H,4-5H2,1H3,(H,17,18)/t7-,11?/m1/s1. The molecule has 0 saturated heterocycles. The van der Waals surface area contributed by atoms with Crippen LogP contribution in [-0.4, -0.2) is 30.5 Å². The average Bonchev–Trinajstić information content (AvgIpc) is 2.37. The number of carboxylic acids is 1. The molecule has 4 nitrogen and oxygen atoms in total. The van der Waals surface area contributed by atoms with Crippen molar-refractivity contribution in [2.75, 3.05) is 13.2 Å². The van der Waals surface area contributed by atoms with Gasteiger partial charge in [0.25, 0.3) is 0 Å². The van der Waals surface area contributed by atoms with Crippen LogP contribution in [0, 0.1) is 5.92 Å². The molecule has 110 valence electrons. The minimum Gasteiger partial charge on any atom is -0.486 e. The van der Waals surface area contributed by atoms with E-state index in [1.54, 1.807) is 0 Å². The lowest BCUT2D eigenvalue weighted by atomic mass is 9.86. The molecular formula is C13H13F3O4. The molecule has 1 aromatic rings. The molecule has 0 aromatic heterocycles. The van der Waals surface area contributed by atoms with E-state index in [4.69, 9.17) is 14.6 Å². The zero-order chi connectivity index (χ0) is 14.9. The van der Waals surface area contributed by atoms with Gasteiger partial charge in [-0.25, -0.2) is 0 Å². The number of halogens is 3. The molecule has 20 heavy (non-hydrogen) atoms. The highest BCUT2D eigenvalue weighted by atomic mass is 19.4. The molecular weight excluding hydrogens is 277 g/mol. The van der Waals surface area contributed by atoms with Gasteiger partial charge < -0.3 is 14.6 Å². The summed E-state index contributed by atoms with van der Waals surface area (Å²) in [6.07, 6.45) is -4.59. The highest BCUT2D eigenvalue weighted by Gasteiger charge is 2.45. The number of alkyl halides is 3. The molecule has 7 heteroatoms. The predicted octanol–water partition coefficient (Wildman–Crippen LogP) is 2.82. The van der Waals surface area contributed by atoms with Gasteiger partial charge in [0.1, 0.15) is 13.2 Å². The van der Waals surface area contributed by atoms with Crippen LogP contribution in [0.5, 0.6) is 11.5 Å². The summed E-state index contributed by atoms with van der Waals surface area (Å²) in [5.74, 6) is -4.52. The molecule has 0 bridgehead atoms. The lowest BCUT2D eigenvalue weighted by molar-refractivity contribution is -0.183. The summed E-state index contributed by atoms with van der Waals surface area (Å²) >= 11 is 0. The van der Waals surface area contributed by atoms with Crippen molar-refractivity contribution in [2.45, 2.75) is 19.0 Å². The minimum atomic E-state index is -4.59. The molecule has 1 unspecified atom stereocenters. The molecule has 1 heterocycles. The van der Waals surface area contributed by atoms with Crippen LogP contribution in [0.2, 0.25) is 0 Å². The summed E-state index contributed by atoms with van der Waals surface area (Å²) in [6, 6.07) is 4.06. The Morgan fingerprint density at radius 3 is 2.40 bits per heavy atom. The number of fused-ring (bicyclic) bond motifs is 1. The summed E-state index contributed by atoms with van der Waals surface area (Å²) in [5.41, 5.74) is 0.0478. The van der Waals surface area contributed by atoms with Crippen LogP contribution >= 0.6 is 0 Å². The van der Waals surface area contributed by atoms with Crippen LogP contribution in [0.25, 0.3) is 0 Å². The molecule has 2 rings (SSSR count). The van der Waals surface area contributed by atoms with E-state index < -0.39 is 24.0 Å². The maximum absolute atomic E-state index is 12.8. The maximum Gasteiger partial charge on any atom is 0.392 e. The summed E-state index contributed by atoms with van der Waals surface area (Å²) in [5, 5.41) is 9.09. The third kappa shape index (κ3) is 2.81. The van der Waals surface area contributed by atoms with E-state index in [1.807, 2.05) is 0 Å². The van der Waals surface area contributed by atoms with E-state index in [2.05, 4.69) is 0 Å². The van der Waals surface area contributed by atoms with E-state index in [0.717, 1.165) is 6.92 Å². The van der Waals surface area contributed by atoms with Gasteiger partial charge in [-0.1, -0.05) is 13.0 Å². The highest BCUT2D eigenvalue weighted by Crippen LogP contribution is 2.40. The SMILES string of the molecule is C[C@H](C(C(=O)O)c1ccc2c(c1)OCCO2)C(F)(F)F. The second kappa shape index (κ2) is 5.22. The molecule has 0 radical (unpaired) electrons. The van der Waals surface area contributed by atoms with Crippen LogP contribution in [0.1, 0.15) is 18.4 Å². The summed E-state index contributed by atoms with van der Waals surface area (Å²) < 4.78 is 48.8.